The van der Waals surface area contributed by atoms with Crippen molar-refractivity contribution in [1.29, 1.82) is 0 Å². The van der Waals surface area contributed by atoms with E-state index in [9.17, 15) is 14.7 Å². The summed E-state index contributed by atoms with van der Waals surface area (Å²) in [5.41, 5.74) is 8.65. The normalized spacial score (nSPS) is 24.3. The van der Waals surface area contributed by atoms with Crippen molar-refractivity contribution in [3.8, 4) is 0 Å². The number of carbonyl (C=O) groups is 2. The van der Waals surface area contributed by atoms with E-state index in [1.165, 1.54) is 6.07 Å². The van der Waals surface area contributed by atoms with E-state index in [4.69, 9.17) is 22.1 Å². The number of hydrogen-bond donors (Lipinski definition) is 2. The van der Waals surface area contributed by atoms with Gasteiger partial charge in [-0.2, -0.15) is 0 Å². The molecule has 3 fully saturated rings. The van der Waals surface area contributed by atoms with Crippen LogP contribution in [0, 0.1) is 12.8 Å². The molecule has 1 saturated carbocycles. The Balaban J connectivity index is 1.32. The van der Waals surface area contributed by atoms with E-state index in [1.54, 1.807) is 13.0 Å². The first-order valence-corrected chi connectivity index (χ1v) is 12.5. The van der Waals surface area contributed by atoms with Crippen LogP contribution in [0.1, 0.15) is 60.3 Å². The predicted octanol–water partition coefficient (Wildman–Crippen LogP) is 4.00. The number of aromatic nitrogens is 2. The standard InChI is InChI=1S/C26H29ClN4O4/c1-14-10-22(25(33)34)30-26(29-14)31-16-8-9-17(31)12-18(11-16)35-13-20(24(32)15-6-7-15)23(28)19-4-2-3-5-21(19)27/h2-5,10,15-18H,6-9,11-13,28H2,1H3,(H,33,34)/t16-,17?,18?/m0/s1. The number of carboxylic acid groups (broad SMARTS) is 1. The second-order valence-electron chi connectivity index (χ2n) is 9.71. The molecular formula is C26H29ClN4O4. The van der Waals surface area contributed by atoms with Crippen LogP contribution in [0.3, 0.4) is 0 Å². The molecule has 2 unspecified atom stereocenters. The molecule has 1 aromatic carbocycles. The van der Waals surface area contributed by atoms with Gasteiger partial charge >= 0.3 is 5.97 Å². The number of ether oxygens (including phenoxy) is 1. The Labute approximate surface area is 209 Å². The Morgan fingerprint density at radius 1 is 1.14 bits per heavy atom. The van der Waals surface area contributed by atoms with Gasteiger partial charge in [0.1, 0.15) is 0 Å². The highest BCUT2D eigenvalue weighted by Gasteiger charge is 2.43. The Bertz CT molecular complexity index is 1180. The van der Waals surface area contributed by atoms with Gasteiger partial charge in [0.2, 0.25) is 5.95 Å². The third-order valence-electron chi connectivity index (χ3n) is 7.18. The minimum absolute atomic E-state index is 0.00805. The van der Waals surface area contributed by atoms with Gasteiger partial charge in [-0.1, -0.05) is 29.8 Å². The average molecular weight is 497 g/mol. The summed E-state index contributed by atoms with van der Waals surface area (Å²) in [4.78, 5) is 35.5. The first-order chi connectivity index (χ1) is 16.8. The number of piperidine rings is 1. The number of fused-ring (bicyclic) bond motifs is 2. The molecule has 2 saturated heterocycles. The smallest absolute Gasteiger partial charge is 0.354 e. The third kappa shape index (κ3) is 4.90. The van der Waals surface area contributed by atoms with E-state index in [2.05, 4.69) is 14.9 Å². The topological polar surface area (TPSA) is 119 Å². The molecule has 2 aromatic rings. The Kier molecular flexibility index (Phi) is 6.51. The van der Waals surface area contributed by atoms with Gasteiger partial charge in [0.15, 0.2) is 11.5 Å². The number of Topliss-reactive ketones (excluding diaryl/α,β-unsaturated/α-hetero) is 1. The lowest BCUT2D eigenvalue weighted by Crippen LogP contribution is -2.46. The summed E-state index contributed by atoms with van der Waals surface area (Å²) >= 11 is 6.35. The van der Waals surface area contributed by atoms with Crippen LogP contribution >= 0.6 is 11.6 Å². The fraction of sp³-hybridized carbons (Fsp3) is 0.462. The van der Waals surface area contributed by atoms with Crippen molar-refractivity contribution in [3.05, 3.63) is 57.9 Å². The summed E-state index contributed by atoms with van der Waals surface area (Å²) in [6.07, 6.45) is 5.19. The van der Waals surface area contributed by atoms with Crippen LogP contribution in [0.5, 0.6) is 0 Å². The van der Waals surface area contributed by atoms with Crippen LogP contribution < -0.4 is 10.6 Å². The molecule has 0 radical (unpaired) electrons. The van der Waals surface area contributed by atoms with E-state index in [-0.39, 0.29) is 42.2 Å². The number of aromatic carboxylic acids is 1. The quantitative estimate of drug-likeness (QED) is 0.526. The summed E-state index contributed by atoms with van der Waals surface area (Å²) in [6.45, 7) is 1.93. The number of nitrogens with zero attached hydrogens (tertiary/aromatic N) is 3. The molecule has 1 aliphatic carbocycles. The highest BCUT2D eigenvalue weighted by molar-refractivity contribution is 6.32. The molecule has 35 heavy (non-hydrogen) atoms. The fourth-order valence-electron chi connectivity index (χ4n) is 5.28. The second kappa shape index (κ2) is 9.59. The summed E-state index contributed by atoms with van der Waals surface area (Å²) in [5.74, 6) is -0.509. The monoisotopic (exact) mass is 496 g/mol. The number of aryl methyl sites for hydroxylation is 1. The van der Waals surface area contributed by atoms with E-state index >= 15 is 0 Å². The molecule has 2 bridgehead atoms. The number of carbonyl (C=O) groups excluding carboxylic acids is 1. The van der Waals surface area contributed by atoms with Gasteiger partial charge in [0.05, 0.1) is 12.7 Å². The number of benzene rings is 1. The zero-order chi connectivity index (χ0) is 24.7. The van der Waals surface area contributed by atoms with Gasteiger partial charge in [0.25, 0.3) is 0 Å². The molecule has 1 aromatic heterocycles. The van der Waals surface area contributed by atoms with E-state index < -0.39 is 5.97 Å². The molecule has 9 heteroatoms. The lowest BCUT2D eigenvalue weighted by atomic mass is 9.99. The van der Waals surface area contributed by atoms with Crippen molar-refractivity contribution in [1.82, 2.24) is 9.97 Å². The molecule has 0 amide bonds. The minimum Gasteiger partial charge on any atom is -0.477 e. The largest absolute Gasteiger partial charge is 0.477 e. The van der Waals surface area contributed by atoms with Gasteiger partial charge < -0.3 is 20.5 Å². The first kappa shape index (κ1) is 23.8. The molecule has 5 rings (SSSR count). The van der Waals surface area contributed by atoms with Crippen LogP contribution in [-0.2, 0) is 9.53 Å². The van der Waals surface area contributed by atoms with Crippen LogP contribution in [0.15, 0.2) is 35.9 Å². The number of rotatable bonds is 8. The number of halogens is 1. The van der Waals surface area contributed by atoms with Crippen molar-refractivity contribution < 1.29 is 19.4 Å². The molecule has 8 nitrogen and oxygen atoms in total. The zero-order valence-electron chi connectivity index (χ0n) is 19.6. The van der Waals surface area contributed by atoms with Gasteiger partial charge in [-0.05, 0) is 57.6 Å². The van der Waals surface area contributed by atoms with Crippen molar-refractivity contribution in [3.63, 3.8) is 0 Å². The minimum atomic E-state index is -1.06. The fourth-order valence-corrected chi connectivity index (χ4v) is 5.52. The van der Waals surface area contributed by atoms with Gasteiger partial charge in [0, 0.05) is 45.6 Å². The molecule has 3 atom stereocenters. The number of carboxylic acids is 1. The molecule has 3 N–H and O–H groups in total. The van der Waals surface area contributed by atoms with Crippen LogP contribution in [0.25, 0.3) is 5.70 Å². The van der Waals surface area contributed by atoms with Crippen molar-refractivity contribution >= 4 is 35.0 Å². The maximum Gasteiger partial charge on any atom is 0.354 e. The highest BCUT2D eigenvalue weighted by atomic mass is 35.5. The van der Waals surface area contributed by atoms with Gasteiger partial charge in [-0.25, -0.2) is 14.8 Å². The molecule has 3 aliphatic rings. The van der Waals surface area contributed by atoms with Crippen LogP contribution in [0.2, 0.25) is 5.02 Å². The van der Waals surface area contributed by atoms with Crippen LogP contribution in [0.4, 0.5) is 5.95 Å². The Hall–Kier alpha value is -2.97. The zero-order valence-corrected chi connectivity index (χ0v) is 20.4. The van der Waals surface area contributed by atoms with Crippen molar-refractivity contribution in [2.45, 2.75) is 63.6 Å². The third-order valence-corrected chi connectivity index (χ3v) is 7.51. The lowest BCUT2D eigenvalue weighted by Gasteiger charge is -2.39. The van der Waals surface area contributed by atoms with Crippen molar-refractivity contribution in [2.75, 3.05) is 11.5 Å². The SMILES string of the molecule is Cc1cc(C(=O)O)nc(N2C3CC[C@H]2CC(OCC(C(=O)C2CC2)=C(N)c2ccccc2Cl)C3)n1. The number of ketones is 1. The van der Waals surface area contributed by atoms with E-state index in [0.717, 1.165) is 38.5 Å². The summed E-state index contributed by atoms with van der Waals surface area (Å²) in [6, 6.07) is 9.08. The second-order valence-corrected chi connectivity index (χ2v) is 10.1. The predicted molar refractivity (Wildman–Crippen MR) is 132 cm³/mol. The number of anilines is 1. The maximum absolute atomic E-state index is 13.1. The van der Waals surface area contributed by atoms with Crippen LogP contribution in [-0.4, -0.2) is 51.6 Å². The summed E-state index contributed by atoms with van der Waals surface area (Å²) in [7, 11) is 0. The average Bonchev–Trinajstić information content (AvgIpc) is 3.64. The van der Waals surface area contributed by atoms with E-state index in [0.29, 0.717) is 33.5 Å². The molecule has 0 spiro atoms. The molecule has 2 aliphatic heterocycles. The number of hydrogen-bond acceptors (Lipinski definition) is 7. The molecule has 184 valence electrons. The number of nitrogens with two attached hydrogens (primary N) is 1. The lowest BCUT2D eigenvalue weighted by molar-refractivity contribution is -0.117. The molecule has 3 heterocycles. The summed E-state index contributed by atoms with van der Waals surface area (Å²) in [5, 5.41) is 9.91. The van der Waals surface area contributed by atoms with Crippen molar-refractivity contribution in [2.24, 2.45) is 11.7 Å². The molecular weight excluding hydrogens is 468 g/mol. The summed E-state index contributed by atoms with van der Waals surface area (Å²) < 4.78 is 6.31. The van der Waals surface area contributed by atoms with Gasteiger partial charge in [-0.3, -0.25) is 4.79 Å². The Morgan fingerprint density at radius 3 is 2.46 bits per heavy atom. The van der Waals surface area contributed by atoms with E-state index in [1.807, 2.05) is 18.2 Å². The Morgan fingerprint density at radius 2 is 1.83 bits per heavy atom. The van der Waals surface area contributed by atoms with Gasteiger partial charge in [-0.15, -0.1) is 0 Å². The first-order valence-electron chi connectivity index (χ1n) is 12.1. The maximum atomic E-state index is 13.1. The highest BCUT2D eigenvalue weighted by Crippen LogP contribution is 2.40.